The number of carbonyl (C=O) groups is 2. The zero-order chi connectivity index (χ0) is 25.7. The van der Waals surface area contributed by atoms with Gasteiger partial charge in [0.1, 0.15) is 23.8 Å². The van der Waals surface area contributed by atoms with E-state index in [4.69, 9.17) is 9.47 Å². The molecule has 11 heteroatoms. The number of nitrogens with one attached hydrogen (secondary N) is 2. The van der Waals surface area contributed by atoms with Gasteiger partial charge in [-0.25, -0.2) is 9.78 Å². The lowest BCUT2D eigenvalue weighted by Gasteiger charge is -2.11. The monoisotopic (exact) mass is 489 g/mol. The molecule has 0 aliphatic rings. The van der Waals surface area contributed by atoms with Crippen LogP contribution in [0.1, 0.15) is 15.9 Å². The van der Waals surface area contributed by atoms with Crippen molar-refractivity contribution in [3.63, 3.8) is 0 Å². The van der Waals surface area contributed by atoms with Crippen LogP contribution in [0.5, 0.6) is 11.5 Å². The van der Waals surface area contributed by atoms with Crippen LogP contribution in [0.2, 0.25) is 0 Å². The van der Waals surface area contributed by atoms with Gasteiger partial charge >= 0.3 is 5.69 Å². The number of pyridine rings is 1. The standard InChI is InChI=1S/C25H23N5O6/c1-29-22-20(24(33)30(2)25(29)34)12-17(13-26-22)23(32)28-27-21(31)15-36-19-10-8-18(9-11-19)35-14-16-6-4-3-5-7-16/h3-13H,14-15H2,1-2H3,(H,27,31)(H,28,32). The third-order valence-corrected chi connectivity index (χ3v) is 5.31. The second-order valence-electron chi connectivity index (χ2n) is 7.84. The average molecular weight is 489 g/mol. The number of carbonyl (C=O) groups excluding carboxylic acids is 2. The summed E-state index contributed by atoms with van der Waals surface area (Å²) in [5.74, 6) is -0.182. The number of fused-ring (bicyclic) bond motifs is 1. The first-order valence-corrected chi connectivity index (χ1v) is 10.9. The predicted octanol–water partition coefficient (Wildman–Crippen LogP) is 1.05. The number of nitrogens with zero attached hydrogens (tertiary/aromatic N) is 3. The van der Waals surface area contributed by atoms with Gasteiger partial charge in [-0.1, -0.05) is 30.3 Å². The Morgan fingerprint density at radius 3 is 2.25 bits per heavy atom. The molecule has 2 aromatic heterocycles. The zero-order valence-electron chi connectivity index (χ0n) is 19.6. The SMILES string of the molecule is Cn1c(=O)c2cc(C(=O)NNC(=O)COc3ccc(OCc4ccccc4)cc3)cnc2n(C)c1=O. The van der Waals surface area contributed by atoms with Gasteiger partial charge in [0.05, 0.1) is 10.9 Å². The molecule has 11 nitrogen and oxygen atoms in total. The van der Waals surface area contributed by atoms with Crippen molar-refractivity contribution in [3.05, 3.63) is 98.8 Å². The van der Waals surface area contributed by atoms with Crippen LogP contribution in [0.25, 0.3) is 11.0 Å². The summed E-state index contributed by atoms with van der Waals surface area (Å²) in [6, 6.07) is 17.8. The van der Waals surface area contributed by atoms with E-state index < -0.39 is 23.1 Å². The van der Waals surface area contributed by atoms with Gasteiger partial charge in [0.2, 0.25) is 0 Å². The quantitative estimate of drug-likeness (QED) is 0.371. The van der Waals surface area contributed by atoms with E-state index in [0.29, 0.717) is 18.1 Å². The van der Waals surface area contributed by atoms with Gasteiger partial charge < -0.3 is 9.47 Å². The molecular formula is C25H23N5O6. The van der Waals surface area contributed by atoms with E-state index in [1.165, 1.54) is 30.9 Å². The van der Waals surface area contributed by atoms with Gasteiger partial charge in [-0.05, 0) is 35.9 Å². The molecule has 2 amide bonds. The van der Waals surface area contributed by atoms with E-state index in [9.17, 15) is 19.2 Å². The number of ether oxygens (including phenoxy) is 2. The number of rotatable bonds is 7. The van der Waals surface area contributed by atoms with Crippen LogP contribution in [0, 0.1) is 0 Å². The maximum absolute atomic E-state index is 12.4. The topological polar surface area (TPSA) is 134 Å². The van der Waals surface area contributed by atoms with Crippen LogP contribution >= 0.6 is 0 Å². The van der Waals surface area contributed by atoms with E-state index in [1.54, 1.807) is 24.3 Å². The molecule has 4 aromatic rings. The Balaban J connectivity index is 1.28. The Labute approximate surface area is 204 Å². The Kier molecular flexibility index (Phi) is 7.10. The molecule has 0 aliphatic heterocycles. The highest BCUT2D eigenvalue weighted by molar-refractivity contribution is 5.97. The number of hydrazine groups is 1. The maximum Gasteiger partial charge on any atom is 0.332 e. The van der Waals surface area contributed by atoms with Crippen molar-refractivity contribution in [1.29, 1.82) is 0 Å². The minimum Gasteiger partial charge on any atom is -0.489 e. The molecule has 184 valence electrons. The number of hydrogen-bond acceptors (Lipinski definition) is 7. The van der Waals surface area contributed by atoms with Crippen LogP contribution in [0.4, 0.5) is 0 Å². The molecule has 0 radical (unpaired) electrons. The number of aromatic nitrogens is 3. The lowest BCUT2D eigenvalue weighted by molar-refractivity contribution is -0.123. The van der Waals surface area contributed by atoms with Gasteiger partial charge in [-0.2, -0.15) is 0 Å². The van der Waals surface area contributed by atoms with Crippen molar-refractivity contribution in [1.82, 2.24) is 25.0 Å². The van der Waals surface area contributed by atoms with E-state index in [-0.39, 0.29) is 23.2 Å². The molecule has 2 heterocycles. The molecule has 0 aliphatic carbocycles. The fourth-order valence-electron chi connectivity index (χ4n) is 3.35. The minimum atomic E-state index is -0.687. The minimum absolute atomic E-state index is 0.0329. The summed E-state index contributed by atoms with van der Waals surface area (Å²) in [5.41, 5.74) is 4.60. The Morgan fingerprint density at radius 2 is 1.56 bits per heavy atom. The first-order chi connectivity index (χ1) is 17.3. The Hall–Kier alpha value is -4.93. The van der Waals surface area contributed by atoms with Crippen LogP contribution < -0.4 is 31.6 Å². The van der Waals surface area contributed by atoms with Crippen molar-refractivity contribution in [3.8, 4) is 11.5 Å². The molecule has 0 fully saturated rings. The van der Waals surface area contributed by atoms with E-state index >= 15 is 0 Å². The predicted molar refractivity (Wildman–Crippen MR) is 131 cm³/mol. The summed E-state index contributed by atoms with van der Waals surface area (Å²) in [4.78, 5) is 52.9. The van der Waals surface area contributed by atoms with Crippen LogP contribution in [-0.4, -0.2) is 32.5 Å². The number of hydrogen-bond donors (Lipinski definition) is 2. The zero-order valence-corrected chi connectivity index (χ0v) is 19.6. The third kappa shape index (κ3) is 5.41. The first-order valence-electron chi connectivity index (χ1n) is 10.9. The second kappa shape index (κ2) is 10.6. The van der Waals surface area contributed by atoms with Crippen LogP contribution in [0.15, 0.2) is 76.4 Å². The highest BCUT2D eigenvalue weighted by Gasteiger charge is 2.14. The lowest BCUT2D eigenvalue weighted by atomic mass is 10.2. The molecule has 0 atom stereocenters. The van der Waals surface area contributed by atoms with Crippen LogP contribution in [0.3, 0.4) is 0 Å². The maximum atomic E-state index is 12.4. The molecule has 2 N–H and O–H groups in total. The van der Waals surface area contributed by atoms with Crippen molar-refractivity contribution >= 4 is 22.8 Å². The van der Waals surface area contributed by atoms with Gasteiger partial charge in [-0.3, -0.25) is 34.4 Å². The molecular weight excluding hydrogens is 466 g/mol. The summed E-state index contributed by atoms with van der Waals surface area (Å²) in [7, 11) is 2.81. The van der Waals surface area contributed by atoms with Crippen molar-refractivity contribution in [2.45, 2.75) is 6.61 Å². The van der Waals surface area contributed by atoms with Gasteiger partial charge in [-0.15, -0.1) is 0 Å². The number of benzene rings is 2. The molecule has 0 saturated carbocycles. The fraction of sp³-hybridized carbons (Fsp3) is 0.160. The van der Waals surface area contributed by atoms with Crippen molar-refractivity contribution in [2.75, 3.05) is 6.61 Å². The Morgan fingerprint density at radius 1 is 0.889 bits per heavy atom. The lowest BCUT2D eigenvalue weighted by Crippen LogP contribution is -2.44. The number of amides is 2. The normalized spacial score (nSPS) is 10.6. The van der Waals surface area contributed by atoms with Crippen LogP contribution in [-0.2, 0) is 25.5 Å². The summed E-state index contributed by atoms with van der Waals surface area (Å²) in [5, 5.41) is 0.0955. The molecule has 0 unspecified atom stereocenters. The molecule has 4 rings (SSSR count). The molecule has 0 saturated heterocycles. The summed E-state index contributed by atoms with van der Waals surface area (Å²) in [6.07, 6.45) is 1.21. The second-order valence-corrected chi connectivity index (χ2v) is 7.84. The average Bonchev–Trinajstić information content (AvgIpc) is 2.92. The summed E-state index contributed by atoms with van der Waals surface area (Å²) >= 11 is 0. The van der Waals surface area contributed by atoms with Crippen molar-refractivity contribution < 1.29 is 19.1 Å². The van der Waals surface area contributed by atoms with Gasteiger partial charge in [0.15, 0.2) is 6.61 Å². The highest BCUT2D eigenvalue weighted by atomic mass is 16.5. The highest BCUT2D eigenvalue weighted by Crippen LogP contribution is 2.18. The fourth-order valence-corrected chi connectivity index (χ4v) is 3.35. The van der Waals surface area contributed by atoms with Crippen molar-refractivity contribution in [2.24, 2.45) is 14.1 Å². The Bertz CT molecular complexity index is 1530. The van der Waals surface area contributed by atoms with Gasteiger partial charge in [0, 0.05) is 20.3 Å². The largest absolute Gasteiger partial charge is 0.489 e. The van der Waals surface area contributed by atoms with E-state index in [1.807, 2.05) is 30.3 Å². The number of aryl methyl sites for hydroxylation is 1. The molecule has 36 heavy (non-hydrogen) atoms. The smallest absolute Gasteiger partial charge is 0.332 e. The van der Waals surface area contributed by atoms with E-state index in [0.717, 1.165) is 10.1 Å². The molecule has 0 bridgehead atoms. The molecule has 0 spiro atoms. The summed E-state index contributed by atoms with van der Waals surface area (Å²) < 4.78 is 13.3. The van der Waals surface area contributed by atoms with E-state index in [2.05, 4.69) is 15.8 Å². The van der Waals surface area contributed by atoms with Gasteiger partial charge in [0.25, 0.3) is 17.4 Å². The summed E-state index contributed by atoms with van der Waals surface area (Å²) in [6.45, 7) is 0.0890. The third-order valence-electron chi connectivity index (χ3n) is 5.31. The molecule has 2 aromatic carbocycles. The first kappa shape index (κ1) is 24.2.